The third-order valence-corrected chi connectivity index (χ3v) is 6.54. The molecule has 1 saturated heterocycles. The summed E-state index contributed by atoms with van der Waals surface area (Å²) in [5, 5.41) is 12.2. The molecule has 1 aromatic heterocycles. The predicted molar refractivity (Wildman–Crippen MR) is 113 cm³/mol. The number of hydrogen-bond donors (Lipinski definition) is 2. The number of ether oxygens (including phenoxy) is 1. The van der Waals surface area contributed by atoms with E-state index in [1.165, 1.54) is 42.2 Å². The largest absolute Gasteiger partial charge is 0.379 e. The number of aromatic nitrogens is 1. The van der Waals surface area contributed by atoms with Gasteiger partial charge in [0.2, 0.25) is 0 Å². The fourth-order valence-electron chi connectivity index (χ4n) is 4.08. The van der Waals surface area contributed by atoms with Crippen molar-refractivity contribution in [3.63, 3.8) is 0 Å². The van der Waals surface area contributed by atoms with Crippen LogP contribution < -0.4 is 11.1 Å². The van der Waals surface area contributed by atoms with Crippen molar-refractivity contribution in [1.82, 2.24) is 4.98 Å². The van der Waals surface area contributed by atoms with Crippen molar-refractivity contribution in [3.8, 4) is 6.07 Å². The van der Waals surface area contributed by atoms with Crippen molar-refractivity contribution in [1.29, 1.82) is 5.26 Å². The van der Waals surface area contributed by atoms with E-state index >= 15 is 0 Å². The van der Waals surface area contributed by atoms with Gasteiger partial charge in [-0.3, -0.25) is 4.79 Å². The van der Waals surface area contributed by atoms with Crippen LogP contribution in [0.3, 0.4) is 0 Å². The van der Waals surface area contributed by atoms with Crippen LogP contribution in [-0.2, 0) is 10.3 Å². The fourth-order valence-corrected chi connectivity index (χ4v) is 5.20. The summed E-state index contributed by atoms with van der Waals surface area (Å²) in [4.78, 5) is 21.2. The lowest BCUT2D eigenvalue weighted by Crippen LogP contribution is -2.50. The number of anilines is 1. The molecule has 7 nitrogen and oxygen atoms in total. The summed E-state index contributed by atoms with van der Waals surface area (Å²) < 4.78 is 20.7. The van der Waals surface area contributed by atoms with Crippen LogP contribution in [0.5, 0.6) is 0 Å². The second-order valence-electron chi connectivity index (χ2n) is 7.34. The zero-order valence-corrected chi connectivity index (χ0v) is 17.1. The molecule has 154 valence electrons. The number of amides is 1. The standard InChI is InChI=1S/C21H20FN5O2S/c1-12-15-6-7-29-11-21(15,27-20(24)30-12)16-8-14(3-4-17(16)22)26-19(28)18-5-2-13(9-23)10-25-18/h2-5,8,10,12,15H,6-7,11H2,1H3,(H2,24,27)(H,26,28). The predicted octanol–water partition coefficient (Wildman–Crippen LogP) is 3.03. The summed E-state index contributed by atoms with van der Waals surface area (Å²) >= 11 is 1.49. The SMILES string of the molecule is CC1SC(N)=NC2(c3cc(NC(=O)c4ccc(C#N)cn4)ccc3F)COCCC12. The lowest BCUT2D eigenvalue weighted by Gasteiger charge is -2.46. The van der Waals surface area contributed by atoms with Crippen molar-refractivity contribution in [2.24, 2.45) is 16.6 Å². The van der Waals surface area contributed by atoms with E-state index in [9.17, 15) is 9.18 Å². The topological polar surface area (TPSA) is 113 Å². The molecule has 1 amide bonds. The van der Waals surface area contributed by atoms with E-state index in [0.29, 0.717) is 28.6 Å². The summed E-state index contributed by atoms with van der Waals surface area (Å²) in [6.07, 6.45) is 2.07. The first-order valence-corrected chi connectivity index (χ1v) is 10.4. The number of carbonyl (C=O) groups excluding carboxylic acids is 1. The number of halogens is 1. The van der Waals surface area contributed by atoms with Gasteiger partial charge in [-0.05, 0) is 36.8 Å². The molecule has 4 rings (SSSR count). The van der Waals surface area contributed by atoms with Crippen molar-refractivity contribution in [2.45, 2.75) is 24.1 Å². The van der Waals surface area contributed by atoms with E-state index in [1.807, 2.05) is 6.07 Å². The van der Waals surface area contributed by atoms with Crippen LogP contribution in [0.1, 0.15) is 35.0 Å². The first-order chi connectivity index (χ1) is 14.4. The molecular formula is C21H20FN5O2S. The summed E-state index contributed by atoms with van der Waals surface area (Å²) in [5.41, 5.74) is 6.42. The van der Waals surface area contributed by atoms with Crippen LogP contribution in [0.15, 0.2) is 41.5 Å². The number of nitrogens with two attached hydrogens (primary N) is 1. The van der Waals surface area contributed by atoms with Crippen LogP contribution in [-0.4, -0.2) is 34.5 Å². The number of amidine groups is 1. The average molecular weight is 425 g/mol. The van der Waals surface area contributed by atoms with E-state index < -0.39 is 17.3 Å². The highest BCUT2D eigenvalue weighted by molar-refractivity contribution is 8.14. The number of nitrogens with one attached hydrogen (secondary N) is 1. The first-order valence-electron chi connectivity index (χ1n) is 9.50. The maximum atomic E-state index is 15.0. The summed E-state index contributed by atoms with van der Waals surface area (Å²) in [6, 6.07) is 9.33. The Morgan fingerprint density at radius 1 is 1.43 bits per heavy atom. The lowest BCUT2D eigenvalue weighted by atomic mass is 9.74. The molecule has 0 bridgehead atoms. The van der Waals surface area contributed by atoms with Crippen LogP contribution in [0, 0.1) is 23.1 Å². The number of carbonyl (C=O) groups is 1. The molecule has 3 heterocycles. The molecule has 2 aromatic rings. The van der Waals surface area contributed by atoms with Gasteiger partial charge in [-0.15, -0.1) is 0 Å². The second kappa shape index (κ2) is 8.05. The maximum absolute atomic E-state index is 15.0. The molecule has 3 N–H and O–H groups in total. The molecule has 1 fully saturated rings. The van der Waals surface area contributed by atoms with Gasteiger partial charge in [-0.1, -0.05) is 18.7 Å². The Balaban J connectivity index is 1.68. The van der Waals surface area contributed by atoms with Gasteiger partial charge in [0, 0.05) is 35.2 Å². The number of nitrogens with zero attached hydrogens (tertiary/aromatic N) is 3. The normalized spacial score (nSPS) is 25.6. The Morgan fingerprint density at radius 3 is 3.00 bits per heavy atom. The van der Waals surface area contributed by atoms with Crippen molar-refractivity contribution >= 4 is 28.5 Å². The molecule has 1 aromatic carbocycles. The molecule has 0 radical (unpaired) electrons. The fraction of sp³-hybridized carbons (Fsp3) is 0.333. The molecule has 0 spiro atoms. The van der Waals surface area contributed by atoms with Crippen molar-refractivity contribution in [3.05, 3.63) is 59.2 Å². The van der Waals surface area contributed by atoms with E-state index in [1.54, 1.807) is 6.07 Å². The minimum atomic E-state index is -0.926. The van der Waals surface area contributed by atoms with E-state index in [4.69, 9.17) is 15.7 Å². The third kappa shape index (κ3) is 3.64. The van der Waals surface area contributed by atoms with Gasteiger partial charge >= 0.3 is 0 Å². The average Bonchev–Trinajstić information content (AvgIpc) is 2.74. The molecule has 0 aliphatic carbocycles. The Hall–Kier alpha value is -2.96. The van der Waals surface area contributed by atoms with Gasteiger partial charge in [-0.25, -0.2) is 14.4 Å². The Kier molecular flexibility index (Phi) is 5.45. The summed E-state index contributed by atoms with van der Waals surface area (Å²) in [7, 11) is 0. The van der Waals surface area contributed by atoms with Crippen LogP contribution >= 0.6 is 11.8 Å². The van der Waals surface area contributed by atoms with Crippen molar-refractivity contribution in [2.75, 3.05) is 18.5 Å². The Bertz CT molecular complexity index is 1050. The Labute approximate surface area is 177 Å². The third-order valence-electron chi connectivity index (χ3n) is 5.51. The number of benzene rings is 1. The van der Waals surface area contributed by atoms with Crippen molar-refractivity contribution < 1.29 is 13.9 Å². The zero-order valence-electron chi connectivity index (χ0n) is 16.3. The smallest absolute Gasteiger partial charge is 0.274 e. The van der Waals surface area contributed by atoms with E-state index in [2.05, 4.69) is 22.2 Å². The van der Waals surface area contributed by atoms with Crippen LogP contribution in [0.4, 0.5) is 10.1 Å². The molecular weight excluding hydrogens is 405 g/mol. The quantitative estimate of drug-likeness (QED) is 0.781. The molecule has 2 aliphatic heterocycles. The minimum Gasteiger partial charge on any atom is -0.379 e. The van der Waals surface area contributed by atoms with Gasteiger partial charge in [0.05, 0.1) is 12.2 Å². The highest BCUT2D eigenvalue weighted by Crippen LogP contribution is 2.48. The maximum Gasteiger partial charge on any atom is 0.274 e. The van der Waals surface area contributed by atoms with Gasteiger partial charge in [-0.2, -0.15) is 5.26 Å². The number of rotatable bonds is 3. The highest BCUT2D eigenvalue weighted by Gasteiger charge is 2.50. The molecule has 0 saturated carbocycles. The number of aliphatic imine (C=N–C) groups is 1. The zero-order chi connectivity index (χ0) is 21.3. The molecule has 3 unspecified atom stereocenters. The van der Waals surface area contributed by atoms with Crippen LogP contribution in [0.25, 0.3) is 0 Å². The molecule has 9 heteroatoms. The van der Waals surface area contributed by atoms with Gasteiger partial charge < -0.3 is 15.8 Å². The van der Waals surface area contributed by atoms with Gasteiger partial charge in [0.15, 0.2) is 5.17 Å². The summed E-state index contributed by atoms with van der Waals surface area (Å²) in [5.74, 6) is -0.818. The number of nitriles is 1. The minimum absolute atomic E-state index is 0.0594. The Morgan fingerprint density at radius 2 is 2.27 bits per heavy atom. The number of hydrogen-bond acceptors (Lipinski definition) is 7. The number of fused-ring (bicyclic) bond motifs is 1. The lowest BCUT2D eigenvalue weighted by molar-refractivity contribution is -0.00417. The molecule has 2 aliphatic rings. The highest BCUT2D eigenvalue weighted by atomic mass is 32.2. The second-order valence-corrected chi connectivity index (χ2v) is 8.74. The molecule has 30 heavy (non-hydrogen) atoms. The number of thioether (sulfide) groups is 1. The van der Waals surface area contributed by atoms with Gasteiger partial charge in [0.25, 0.3) is 5.91 Å². The monoisotopic (exact) mass is 425 g/mol. The van der Waals surface area contributed by atoms with Gasteiger partial charge in [0.1, 0.15) is 23.1 Å². The summed E-state index contributed by atoms with van der Waals surface area (Å²) in [6.45, 7) is 2.89. The number of pyridine rings is 1. The van der Waals surface area contributed by atoms with Crippen LogP contribution in [0.2, 0.25) is 0 Å². The molecule has 3 atom stereocenters. The van der Waals surface area contributed by atoms with E-state index in [0.717, 1.165) is 6.42 Å². The van der Waals surface area contributed by atoms with E-state index in [-0.39, 0.29) is 23.5 Å². The first kappa shape index (κ1) is 20.3.